The van der Waals surface area contributed by atoms with Crippen LogP contribution in [0.1, 0.15) is 6.42 Å². The molecular weight excluding hydrogens is 150 g/mol. The second-order valence-electron chi connectivity index (χ2n) is 1.54. The summed E-state index contributed by atoms with van der Waals surface area (Å²) in [6.07, 6.45) is 2.39. The zero-order chi connectivity index (χ0) is 7.66. The minimum Gasteiger partial charge on any atom is -0.354 e. The van der Waals surface area contributed by atoms with E-state index in [1.807, 2.05) is 12.3 Å². The van der Waals surface area contributed by atoms with Gasteiger partial charge in [-0.3, -0.25) is 0 Å². The summed E-state index contributed by atoms with van der Waals surface area (Å²) in [5, 5.41) is 8.09. The molecule has 0 radical (unpaired) electrons. The maximum Gasteiger partial charge on any atom is 0.147 e. The van der Waals surface area contributed by atoms with E-state index >= 15 is 0 Å². The summed E-state index contributed by atoms with van der Waals surface area (Å²) in [6, 6.07) is 1.97. The van der Waals surface area contributed by atoms with Crippen LogP contribution in [0, 0.1) is 11.3 Å². The number of ether oxygens (including phenoxy) is 2. The van der Waals surface area contributed by atoms with E-state index in [0.717, 1.165) is 0 Å². The summed E-state index contributed by atoms with van der Waals surface area (Å²) >= 11 is 1.60. The minimum absolute atomic E-state index is 0.294. The smallest absolute Gasteiger partial charge is 0.147 e. The average molecular weight is 161 g/mol. The molecule has 10 heavy (non-hydrogen) atoms. The van der Waals surface area contributed by atoms with E-state index in [9.17, 15) is 0 Å². The van der Waals surface area contributed by atoms with Crippen molar-refractivity contribution in [3.63, 3.8) is 0 Å². The maximum absolute atomic E-state index is 8.09. The average Bonchev–Trinajstić information content (AvgIpc) is 1.97. The van der Waals surface area contributed by atoms with Crippen LogP contribution in [0.5, 0.6) is 0 Å². The van der Waals surface area contributed by atoms with Crippen molar-refractivity contribution in [3.05, 3.63) is 0 Å². The number of nitrogens with zero attached hydrogens (tertiary/aromatic N) is 1. The highest BCUT2D eigenvalue weighted by atomic mass is 32.2. The van der Waals surface area contributed by atoms with Gasteiger partial charge in [-0.2, -0.15) is 5.26 Å². The van der Waals surface area contributed by atoms with Gasteiger partial charge in [0.1, 0.15) is 6.79 Å². The van der Waals surface area contributed by atoms with Crippen molar-refractivity contribution in [2.75, 3.05) is 25.6 Å². The fraction of sp³-hybridized carbons (Fsp3) is 0.833. The predicted octanol–water partition coefficient (Wildman–Crippen LogP) is 1.21. The third kappa shape index (κ3) is 7.76. The highest BCUT2D eigenvalue weighted by molar-refractivity contribution is 7.98. The first-order valence-corrected chi connectivity index (χ1v) is 4.32. The lowest BCUT2D eigenvalue weighted by molar-refractivity contribution is -0.0341. The molecule has 0 saturated carbocycles. The molecule has 0 atom stereocenters. The van der Waals surface area contributed by atoms with Gasteiger partial charge in [0.05, 0.1) is 25.0 Å². The predicted molar refractivity (Wildman–Crippen MR) is 40.5 cm³/mol. The molecule has 0 rings (SSSR count). The van der Waals surface area contributed by atoms with Crippen LogP contribution in [0.2, 0.25) is 0 Å². The van der Waals surface area contributed by atoms with Crippen molar-refractivity contribution in [2.24, 2.45) is 0 Å². The lowest BCUT2D eigenvalue weighted by Gasteiger charge is -2.00. The second-order valence-corrected chi connectivity index (χ2v) is 2.36. The van der Waals surface area contributed by atoms with Crippen molar-refractivity contribution < 1.29 is 9.47 Å². The molecule has 4 heteroatoms. The van der Waals surface area contributed by atoms with Crippen LogP contribution in [-0.4, -0.2) is 25.6 Å². The minimum atomic E-state index is 0.294. The van der Waals surface area contributed by atoms with Crippen LogP contribution in [0.3, 0.4) is 0 Å². The maximum atomic E-state index is 8.09. The first-order chi connectivity index (χ1) is 4.91. The molecule has 3 nitrogen and oxygen atoms in total. The molecule has 0 amide bonds. The number of hydrogen-bond acceptors (Lipinski definition) is 4. The summed E-state index contributed by atoms with van der Waals surface area (Å²) < 4.78 is 9.88. The van der Waals surface area contributed by atoms with Crippen molar-refractivity contribution in [1.82, 2.24) is 0 Å². The Morgan fingerprint density at radius 3 is 2.90 bits per heavy atom. The van der Waals surface area contributed by atoms with Crippen LogP contribution < -0.4 is 0 Å². The van der Waals surface area contributed by atoms with E-state index in [4.69, 9.17) is 14.7 Å². The van der Waals surface area contributed by atoms with Gasteiger partial charge in [0.15, 0.2) is 0 Å². The Morgan fingerprint density at radius 1 is 1.50 bits per heavy atom. The number of rotatable bonds is 6. The Labute approximate surface area is 65.3 Å². The van der Waals surface area contributed by atoms with Gasteiger partial charge in [0, 0.05) is 0 Å². The van der Waals surface area contributed by atoms with Crippen LogP contribution in [0.15, 0.2) is 0 Å². The van der Waals surface area contributed by atoms with Gasteiger partial charge in [0.2, 0.25) is 0 Å². The molecule has 0 spiro atoms. The zero-order valence-corrected chi connectivity index (χ0v) is 6.82. The molecular formula is C6H11NO2S. The van der Waals surface area contributed by atoms with Gasteiger partial charge in [0.25, 0.3) is 0 Å². The monoisotopic (exact) mass is 161 g/mol. The highest BCUT2D eigenvalue weighted by Gasteiger charge is 1.85. The Balaban J connectivity index is 2.72. The van der Waals surface area contributed by atoms with Crippen LogP contribution >= 0.6 is 11.8 Å². The Bertz CT molecular complexity index is 102. The summed E-state index contributed by atoms with van der Waals surface area (Å²) in [5.41, 5.74) is 0. The third-order valence-corrected chi connectivity index (χ3v) is 1.13. The Kier molecular flexibility index (Phi) is 8.55. The van der Waals surface area contributed by atoms with E-state index in [-0.39, 0.29) is 0 Å². The van der Waals surface area contributed by atoms with Gasteiger partial charge in [-0.1, -0.05) is 0 Å². The first kappa shape index (κ1) is 9.76. The van der Waals surface area contributed by atoms with Crippen molar-refractivity contribution in [2.45, 2.75) is 6.42 Å². The number of thioether (sulfide) groups is 1. The van der Waals surface area contributed by atoms with Crippen LogP contribution in [0.25, 0.3) is 0 Å². The third-order valence-electron chi connectivity index (χ3n) is 0.726. The van der Waals surface area contributed by atoms with E-state index < -0.39 is 0 Å². The van der Waals surface area contributed by atoms with Crippen LogP contribution in [-0.2, 0) is 9.47 Å². The van der Waals surface area contributed by atoms with Crippen molar-refractivity contribution in [3.8, 4) is 6.07 Å². The van der Waals surface area contributed by atoms with E-state index in [1.165, 1.54) is 0 Å². The molecule has 0 aliphatic carbocycles. The zero-order valence-electron chi connectivity index (χ0n) is 6.00. The van der Waals surface area contributed by atoms with Gasteiger partial charge in [-0.25, -0.2) is 0 Å². The van der Waals surface area contributed by atoms with Gasteiger partial charge in [-0.05, 0) is 6.26 Å². The highest BCUT2D eigenvalue weighted by Crippen LogP contribution is 1.91. The first-order valence-electron chi connectivity index (χ1n) is 2.93. The van der Waals surface area contributed by atoms with Crippen LogP contribution in [0.4, 0.5) is 0 Å². The molecule has 0 aliphatic rings. The van der Waals surface area contributed by atoms with Crippen molar-refractivity contribution in [1.29, 1.82) is 5.26 Å². The Hall–Kier alpha value is -0.240. The number of hydrogen-bond donors (Lipinski definition) is 0. The molecule has 0 bridgehead atoms. The molecule has 0 aromatic heterocycles. The Morgan fingerprint density at radius 2 is 2.30 bits per heavy atom. The molecule has 0 saturated heterocycles. The summed E-state index contributed by atoms with van der Waals surface area (Å²) in [7, 11) is 0. The molecule has 0 heterocycles. The van der Waals surface area contributed by atoms with Crippen molar-refractivity contribution >= 4 is 11.8 Å². The van der Waals surface area contributed by atoms with Gasteiger partial charge >= 0.3 is 0 Å². The van der Waals surface area contributed by atoms with E-state index in [1.54, 1.807) is 11.8 Å². The standard InChI is InChI=1S/C6H11NO2S/c1-10-6-9-5-8-4-2-3-7/h2,4-6H2,1H3. The molecule has 0 aromatic rings. The summed E-state index contributed by atoms with van der Waals surface area (Å²) in [6.45, 7) is 0.757. The molecule has 0 aromatic carbocycles. The van der Waals surface area contributed by atoms with E-state index in [0.29, 0.717) is 25.8 Å². The fourth-order valence-corrected chi connectivity index (χ4v) is 0.588. The van der Waals surface area contributed by atoms with Gasteiger partial charge in [-0.15, -0.1) is 11.8 Å². The molecule has 0 unspecified atom stereocenters. The molecule has 0 N–H and O–H groups in total. The topological polar surface area (TPSA) is 42.2 Å². The molecule has 0 fully saturated rings. The largest absolute Gasteiger partial charge is 0.354 e. The molecule has 0 aliphatic heterocycles. The van der Waals surface area contributed by atoms with E-state index in [2.05, 4.69) is 0 Å². The summed E-state index contributed by atoms with van der Waals surface area (Å²) in [5.74, 6) is 0.645. The summed E-state index contributed by atoms with van der Waals surface area (Å²) in [4.78, 5) is 0. The lowest BCUT2D eigenvalue weighted by Crippen LogP contribution is -2.00. The second kappa shape index (κ2) is 8.76. The SMILES string of the molecule is CSCOCOCCC#N. The quantitative estimate of drug-likeness (QED) is 0.434. The normalized spacial score (nSPS) is 9.20. The van der Waals surface area contributed by atoms with Gasteiger partial charge < -0.3 is 9.47 Å². The fourth-order valence-electron chi connectivity index (χ4n) is 0.353. The number of nitriles is 1. The lowest BCUT2D eigenvalue weighted by atomic mass is 10.5. The molecule has 58 valence electrons.